The van der Waals surface area contributed by atoms with Crippen LogP contribution in [0.2, 0.25) is 0 Å². The Balaban J connectivity index is 2.13. The van der Waals surface area contributed by atoms with Gasteiger partial charge < -0.3 is 19.9 Å². The number of nitrogens with zero attached hydrogens (tertiary/aromatic N) is 5. The van der Waals surface area contributed by atoms with E-state index >= 15 is 0 Å². The van der Waals surface area contributed by atoms with E-state index in [0.717, 1.165) is 35.9 Å². The van der Waals surface area contributed by atoms with Crippen LogP contribution in [0, 0.1) is 6.92 Å². The number of morpholine rings is 1. The number of aromatic nitrogens is 4. The second-order valence-corrected chi connectivity index (χ2v) is 5.46. The first-order chi connectivity index (χ1) is 9.45. The SMILES string of the molecule is Cc1nc2c(N3C[C@@H](C)O[C@@H](C)C3)nc(N)nc2n1C. The molecule has 0 radical (unpaired) electrons. The van der Waals surface area contributed by atoms with Gasteiger partial charge in [-0.15, -0.1) is 0 Å². The molecule has 7 heteroatoms. The van der Waals surface area contributed by atoms with Gasteiger partial charge in [0.2, 0.25) is 5.95 Å². The molecule has 0 unspecified atom stereocenters. The first kappa shape index (κ1) is 13.1. The van der Waals surface area contributed by atoms with Gasteiger partial charge in [-0.1, -0.05) is 0 Å². The van der Waals surface area contributed by atoms with Gasteiger partial charge in [-0.25, -0.2) is 4.98 Å². The van der Waals surface area contributed by atoms with Crippen molar-refractivity contribution in [2.45, 2.75) is 33.0 Å². The highest BCUT2D eigenvalue weighted by molar-refractivity contribution is 5.85. The van der Waals surface area contributed by atoms with E-state index in [1.807, 2.05) is 18.5 Å². The molecule has 0 aliphatic carbocycles. The van der Waals surface area contributed by atoms with E-state index in [2.05, 4.69) is 33.7 Å². The third-order valence-corrected chi connectivity index (χ3v) is 3.66. The quantitative estimate of drug-likeness (QED) is 0.832. The molecule has 1 fully saturated rings. The van der Waals surface area contributed by atoms with Gasteiger partial charge in [0.05, 0.1) is 12.2 Å². The first-order valence-corrected chi connectivity index (χ1v) is 6.82. The molecule has 0 spiro atoms. The maximum atomic E-state index is 5.86. The summed E-state index contributed by atoms with van der Waals surface area (Å²) < 4.78 is 7.70. The highest BCUT2D eigenvalue weighted by Gasteiger charge is 2.26. The Kier molecular flexibility index (Phi) is 3.01. The zero-order chi connectivity index (χ0) is 14.4. The molecule has 1 aliphatic rings. The Bertz CT molecular complexity index is 642. The summed E-state index contributed by atoms with van der Waals surface area (Å²) in [6.45, 7) is 7.64. The fraction of sp³-hybridized carbons (Fsp3) is 0.615. The van der Waals surface area contributed by atoms with Crippen LogP contribution in [-0.4, -0.2) is 44.8 Å². The van der Waals surface area contributed by atoms with Crippen molar-refractivity contribution in [3.63, 3.8) is 0 Å². The van der Waals surface area contributed by atoms with Gasteiger partial charge in [-0.3, -0.25) is 0 Å². The van der Waals surface area contributed by atoms with Crippen LogP contribution in [0.4, 0.5) is 11.8 Å². The lowest BCUT2D eigenvalue weighted by Gasteiger charge is -2.36. The molecule has 0 bridgehead atoms. The number of fused-ring (bicyclic) bond motifs is 1. The largest absolute Gasteiger partial charge is 0.372 e. The molecule has 0 aromatic carbocycles. The van der Waals surface area contributed by atoms with E-state index in [1.54, 1.807) is 0 Å². The van der Waals surface area contributed by atoms with Crippen molar-refractivity contribution in [3.05, 3.63) is 5.82 Å². The predicted molar refractivity (Wildman–Crippen MR) is 77.7 cm³/mol. The van der Waals surface area contributed by atoms with Gasteiger partial charge in [-0.05, 0) is 20.8 Å². The van der Waals surface area contributed by atoms with Crippen molar-refractivity contribution in [1.29, 1.82) is 0 Å². The van der Waals surface area contributed by atoms with E-state index in [-0.39, 0.29) is 18.2 Å². The predicted octanol–water partition coefficient (Wildman–Crippen LogP) is 0.868. The third kappa shape index (κ3) is 2.07. The van der Waals surface area contributed by atoms with Gasteiger partial charge in [0.15, 0.2) is 17.0 Å². The average molecular weight is 276 g/mol. The summed E-state index contributed by atoms with van der Waals surface area (Å²) in [5.74, 6) is 1.98. The van der Waals surface area contributed by atoms with Crippen LogP contribution in [0.3, 0.4) is 0 Å². The van der Waals surface area contributed by atoms with Crippen LogP contribution in [0.15, 0.2) is 0 Å². The molecular weight excluding hydrogens is 256 g/mol. The highest BCUT2D eigenvalue weighted by atomic mass is 16.5. The number of nitrogen functional groups attached to an aromatic ring is 1. The minimum Gasteiger partial charge on any atom is -0.372 e. The van der Waals surface area contributed by atoms with E-state index in [1.165, 1.54) is 0 Å². The maximum absolute atomic E-state index is 5.86. The monoisotopic (exact) mass is 276 g/mol. The van der Waals surface area contributed by atoms with Crippen LogP contribution in [0.5, 0.6) is 0 Å². The minimum atomic E-state index is 0.162. The van der Waals surface area contributed by atoms with Gasteiger partial charge in [0.25, 0.3) is 0 Å². The summed E-state index contributed by atoms with van der Waals surface area (Å²) in [4.78, 5) is 15.5. The molecule has 2 aromatic rings. The van der Waals surface area contributed by atoms with E-state index in [9.17, 15) is 0 Å². The van der Waals surface area contributed by atoms with E-state index in [0.29, 0.717) is 0 Å². The van der Waals surface area contributed by atoms with Crippen LogP contribution in [0.25, 0.3) is 11.2 Å². The zero-order valence-electron chi connectivity index (χ0n) is 12.3. The smallest absolute Gasteiger partial charge is 0.224 e. The number of anilines is 2. The summed E-state index contributed by atoms with van der Waals surface area (Å²) in [5.41, 5.74) is 7.44. The van der Waals surface area contributed by atoms with E-state index < -0.39 is 0 Å². The number of nitrogens with two attached hydrogens (primary N) is 1. The Morgan fingerprint density at radius 3 is 2.45 bits per heavy atom. The average Bonchev–Trinajstić information content (AvgIpc) is 2.64. The van der Waals surface area contributed by atoms with Crippen molar-refractivity contribution >= 4 is 22.9 Å². The summed E-state index contributed by atoms with van der Waals surface area (Å²) >= 11 is 0. The molecule has 20 heavy (non-hydrogen) atoms. The summed E-state index contributed by atoms with van der Waals surface area (Å²) in [7, 11) is 1.94. The lowest BCUT2D eigenvalue weighted by molar-refractivity contribution is -0.00537. The van der Waals surface area contributed by atoms with Crippen LogP contribution in [-0.2, 0) is 11.8 Å². The lowest BCUT2D eigenvalue weighted by Crippen LogP contribution is -2.46. The zero-order valence-corrected chi connectivity index (χ0v) is 12.3. The number of hydrogen-bond donors (Lipinski definition) is 1. The topological polar surface area (TPSA) is 82.1 Å². The van der Waals surface area contributed by atoms with Crippen molar-refractivity contribution in [1.82, 2.24) is 19.5 Å². The molecule has 3 heterocycles. The lowest BCUT2D eigenvalue weighted by atomic mass is 10.2. The number of rotatable bonds is 1. The molecule has 0 amide bonds. The molecule has 108 valence electrons. The van der Waals surface area contributed by atoms with Gasteiger partial charge >= 0.3 is 0 Å². The Labute approximate surface area is 117 Å². The number of aryl methyl sites for hydroxylation is 2. The van der Waals surface area contributed by atoms with Crippen molar-refractivity contribution in [2.75, 3.05) is 23.7 Å². The fourth-order valence-corrected chi connectivity index (χ4v) is 2.74. The maximum Gasteiger partial charge on any atom is 0.224 e. The number of hydrogen-bond acceptors (Lipinski definition) is 6. The molecule has 0 saturated carbocycles. The standard InChI is InChI=1S/C13H20N6O/c1-7-5-19(6-8(2)20-7)12-10-11(16-13(14)17-12)18(4)9(3)15-10/h7-8H,5-6H2,1-4H3,(H2,14,16,17)/t7-,8+. The highest BCUT2D eigenvalue weighted by Crippen LogP contribution is 2.27. The molecule has 1 saturated heterocycles. The minimum absolute atomic E-state index is 0.162. The molecule has 7 nitrogen and oxygen atoms in total. The Morgan fingerprint density at radius 1 is 1.15 bits per heavy atom. The normalized spacial score (nSPS) is 23.5. The Hall–Kier alpha value is -1.89. The molecule has 2 N–H and O–H groups in total. The molecular formula is C13H20N6O. The van der Waals surface area contributed by atoms with Crippen molar-refractivity contribution in [2.24, 2.45) is 7.05 Å². The summed E-state index contributed by atoms with van der Waals surface area (Å²) in [6, 6.07) is 0. The van der Waals surface area contributed by atoms with Crippen LogP contribution in [0.1, 0.15) is 19.7 Å². The van der Waals surface area contributed by atoms with Crippen molar-refractivity contribution < 1.29 is 4.74 Å². The number of imidazole rings is 1. The molecule has 3 rings (SSSR count). The molecule has 1 aliphatic heterocycles. The van der Waals surface area contributed by atoms with Gasteiger partial charge in [0, 0.05) is 20.1 Å². The van der Waals surface area contributed by atoms with Crippen molar-refractivity contribution in [3.8, 4) is 0 Å². The second kappa shape index (κ2) is 4.59. The second-order valence-electron chi connectivity index (χ2n) is 5.46. The van der Waals surface area contributed by atoms with E-state index in [4.69, 9.17) is 10.5 Å². The fourth-order valence-electron chi connectivity index (χ4n) is 2.74. The molecule has 2 aromatic heterocycles. The van der Waals surface area contributed by atoms with Gasteiger partial charge in [-0.2, -0.15) is 9.97 Å². The van der Waals surface area contributed by atoms with Gasteiger partial charge in [0.1, 0.15) is 5.82 Å². The summed E-state index contributed by atoms with van der Waals surface area (Å²) in [5, 5.41) is 0. The Morgan fingerprint density at radius 2 is 1.80 bits per heavy atom. The van der Waals surface area contributed by atoms with Crippen LogP contribution >= 0.6 is 0 Å². The third-order valence-electron chi connectivity index (χ3n) is 3.66. The van der Waals surface area contributed by atoms with Crippen LogP contribution < -0.4 is 10.6 Å². The molecule has 2 atom stereocenters. The number of ether oxygens (including phenoxy) is 1. The first-order valence-electron chi connectivity index (χ1n) is 6.82. The summed E-state index contributed by atoms with van der Waals surface area (Å²) in [6.07, 6.45) is 0.324.